The van der Waals surface area contributed by atoms with Gasteiger partial charge in [-0.3, -0.25) is 14.4 Å². The normalized spacial score (nSPS) is 24.4. The van der Waals surface area contributed by atoms with Gasteiger partial charge < -0.3 is 19.7 Å². The third kappa shape index (κ3) is 9.08. The summed E-state index contributed by atoms with van der Waals surface area (Å²) in [6, 6.07) is 12.0. The molecule has 1 saturated carbocycles. The number of amides is 2. The first-order valence-corrected chi connectivity index (χ1v) is 23.1. The van der Waals surface area contributed by atoms with Crippen LogP contribution in [0.2, 0.25) is 0 Å². The number of allylic oxidation sites excluding steroid dienone is 2. The molecular formula is C45H56N6O7S2. The standard InChI is InChI=1S/C45H56N6O7S2/c1-27(2)36-26-59-42(48-36)35-22-40(33-19-20-39(57-7)29(4)41(33)47-35)58-32-21-37-38(52)24-45(44(54)49-60(55,56)50(5)6)23-30(45)13-11-9-8-10-12-14-34(43(53)51(37)25-32)46-31-17-15-28(3)16-18-31/h11,13,15-20,22,26-27,30,32,34,37,46H,8-10,12,14,21,23-25H2,1-7H3,(H,49,54)/b13-11-/t30-,32+,34-,37-,45+/m0/s1. The lowest BCUT2D eigenvalue weighted by Gasteiger charge is -2.30. The van der Waals surface area contributed by atoms with Crippen LogP contribution in [0.15, 0.2) is 60.0 Å². The number of methoxy groups -OCH3 is 1. The summed E-state index contributed by atoms with van der Waals surface area (Å²) in [5.74, 6) is -0.102. The third-order valence-corrected chi connectivity index (χ3v) is 14.4. The number of carbonyl (C=O) groups excluding carboxylic acids is 3. The lowest BCUT2D eigenvalue weighted by Crippen LogP contribution is -2.49. The van der Waals surface area contributed by atoms with Crippen LogP contribution in [0.4, 0.5) is 5.69 Å². The van der Waals surface area contributed by atoms with Gasteiger partial charge in [-0.05, 0) is 75.6 Å². The molecule has 3 aliphatic rings. The van der Waals surface area contributed by atoms with Crippen LogP contribution in [0, 0.1) is 25.2 Å². The summed E-state index contributed by atoms with van der Waals surface area (Å²) in [5.41, 5.74) is 3.77. The Balaban J connectivity index is 1.26. The third-order valence-electron chi connectivity index (χ3n) is 12.1. The van der Waals surface area contributed by atoms with E-state index in [1.165, 1.54) is 25.4 Å². The summed E-state index contributed by atoms with van der Waals surface area (Å²) in [6.07, 6.45) is 7.56. The fraction of sp³-hybridized carbons (Fsp3) is 0.489. The van der Waals surface area contributed by atoms with Crippen molar-refractivity contribution in [1.82, 2.24) is 23.9 Å². The van der Waals surface area contributed by atoms with E-state index in [4.69, 9.17) is 19.4 Å². The highest BCUT2D eigenvalue weighted by Crippen LogP contribution is 2.57. The molecule has 2 N–H and O–H groups in total. The number of nitrogens with zero attached hydrogens (tertiary/aromatic N) is 4. The first-order valence-electron chi connectivity index (χ1n) is 20.8. The zero-order chi connectivity index (χ0) is 42.9. The number of ether oxygens (including phenoxy) is 2. The van der Waals surface area contributed by atoms with Crippen molar-refractivity contribution < 1.29 is 32.3 Å². The zero-order valence-electron chi connectivity index (χ0n) is 35.5. The smallest absolute Gasteiger partial charge is 0.303 e. The van der Waals surface area contributed by atoms with Gasteiger partial charge in [-0.15, -0.1) is 11.3 Å². The van der Waals surface area contributed by atoms with Crippen molar-refractivity contribution >= 4 is 55.7 Å². The number of thiazole rings is 1. The Morgan fingerprint density at radius 3 is 2.50 bits per heavy atom. The molecule has 15 heteroatoms. The van der Waals surface area contributed by atoms with Gasteiger partial charge in [0.2, 0.25) is 11.8 Å². The van der Waals surface area contributed by atoms with Crippen molar-refractivity contribution in [3.8, 4) is 22.2 Å². The molecule has 1 saturated heterocycles. The van der Waals surface area contributed by atoms with Crippen LogP contribution in [-0.2, 0) is 24.6 Å². The number of pyridine rings is 1. The number of aryl methyl sites for hydroxylation is 2. The van der Waals surface area contributed by atoms with Crippen molar-refractivity contribution in [3.63, 3.8) is 0 Å². The zero-order valence-corrected chi connectivity index (χ0v) is 37.1. The van der Waals surface area contributed by atoms with Gasteiger partial charge >= 0.3 is 10.2 Å². The highest BCUT2D eigenvalue weighted by Gasteiger charge is 2.61. The largest absolute Gasteiger partial charge is 0.496 e. The second-order valence-electron chi connectivity index (χ2n) is 17.0. The average molecular weight is 857 g/mol. The van der Waals surface area contributed by atoms with Crippen LogP contribution in [0.1, 0.15) is 88.0 Å². The quantitative estimate of drug-likeness (QED) is 0.155. The van der Waals surface area contributed by atoms with Crippen LogP contribution in [0.25, 0.3) is 21.6 Å². The maximum absolute atomic E-state index is 14.9. The Labute approximate surface area is 357 Å². The summed E-state index contributed by atoms with van der Waals surface area (Å²) >= 11 is 1.51. The second kappa shape index (κ2) is 17.6. The number of rotatable bonds is 10. The molecule has 320 valence electrons. The summed E-state index contributed by atoms with van der Waals surface area (Å²) in [7, 11) is 0.190. The van der Waals surface area contributed by atoms with Gasteiger partial charge in [0, 0.05) is 55.0 Å². The van der Waals surface area contributed by atoms with E-state index in [2.05, 4.69) is 23.9 Å². The molecule has 60 heavy (non-hydrogen) atoms. The Hall–Kier alpha value is -4.86. The van der Waals surface area contributed by atoms with E-state index in [9.17, 15) is 22.8 Å². The van der Waals surface area contributed by atoms with Gasteiger partial charge in [0.1, 0.15) is 34.3 Å². The Morgan fingerprint density at radius 2 is 1.80 bits per heavy atom. The number of hydrogen-bond acceptors (Lipinski definition) is 11. The first-order chi connectivity index (χ1) is 28.6. The van der Waals surface area contributed by atoms with E-state index < -0.39 is 39.7 Å². The van der Waals surface area contributed by atoms with Crippen LogP contribution in [0.3, 0.4) is 0 Å². The fourth-order valence-electron chi connectivity index (χ4n) is 8.31. The SMILES string of the molecule is COc1ccc2c(O[C@@H]3C[C@H]4C(=O)C[C@]5(C(=O)NS(=O)(=O)N(C)C)C[C@@H]5/C=C\CCCCC[C@H](Nc5ccc(C)cc5)C(=O)N4C3)cc(-c3nc(C(C)C)cs3)nc2c1C. The molecule has 0 unspecified atom stereocenters. The number of anilines is 1. The molecular weight excluding hydrogens is 801 g/mol. The second-order valence-corrected chi connectivity index (χ2v) is 19.7. The molecule has 1 aliphatic carbocycles. The Bertz CT molecular complexity index is 2400. The molecule has 2 aliphatic heterocycles. The molecule has 0 bridgehead atoms. The number of Topliss-reactive ketones (excluding diaryl/α,β-unsaturated/α-hetero) is 1. The van der Waals surface area contributed by atoms with Crippen LogP contribution in [-0.4, -0.2) is 91.1 Å². The lowest BCUT2D eigenvalue weighted by molar-refractivity contribution is -0.139. The highest BCUT2D eigenvalue weighted by molar-refractivity contribution is 7.87. The topological polar surface area (TPSA) is 160 Å². The van der Waals surface area contributed by atoms with Crippen molar-refractivity contribution in [1.29, 1.82) is 0 Å². The van der Waals surface area contributed by atoms with E-state index in [1.54, 1.807) is 12.0 Å². The van der Waals surface area contributed by atoms with Crippen molar-refractivity contribution in [3.05, 3.63) is 76.8 Å². The van der Waals surface area contributed by atoms with Crippen LogP contribution >= 0.6 is 11.3 Å². The number of hydrogen-bond donors (Lipinski definition) is 2. The molecule has 4 heterocycles. The number of fused-ring (bicyclic) bond motifs is 3. The van der Waals surface area contributed by atoms with Crippen molar-refractivity contribution in [2.75, 3.05) is 33.1 Å². The summed E-state index contributed by atoms with van der Waals surface area (Å²) in [6.45, 7) is 8.27. The Morgan fingerprint density at radius 1 is 1.03 bits per heavy atom. The van der Waals surface area contributed by atoms with E-state index in [1.807, 2.05) is 73.8 Å². The molecule has 2 amide bonds. The van der Waals surface area contributed by atoms with Gasteiger partial charge in [-0.25, -0.2) is 14.7 Å². The van der Waals surface area contributed by atoms with E-state index in [0.717, 1.165) is 62.9 Å². The number of nitrogens with one attached hydrogen (secondary N) is 2. The molecule has 7 rings (SSSR count). The van der Waals surface area contributed by atoms with E-state index >= 15 is 0 Å². The summed E-state index contributed by atoms with van der Waals surface area (Å²) in [4.78, 5) is 55.2. The highest BCUT2D eigenvalue weighted by atomic mass is 32.2. The van der Waals surface area contributed by atoms with Gasteiger partial charge in [-0.1, -0.05) is 56.5 Å². The first kappa shape index (κ1) is 43.2. The number of carbonyl (C=O) groups is 3. The van der Waals surface area contributed by atoms with E-state index in [0.29, 0.717) is 35.6 Å². The molecule has 4 aromatic rings. The monoisotopic (exact) mass is 856 g/mol. The number of benzene rings is 2. The molecule has 13 nitrogen and oxygen atoms in total. The minimum atomic E-state index is -4.11. The lowest BCUT2D eigenvalue weighted by atomic mass is 9.91. The van der Waals surface area contributed by atoms with Crippen LogP contribution < -0.4 is 19.5 Å². The molecule has 2 aromatic carbocycles. The van der Waals surface area contributed by atoms with E-state index in [-0.39, 0.29) is 42.9 Å². The molecule has 0 radical (unpaired) electrons. The molecule has 2 fully saturated rings. The predicted molar refractivity (Wildman–Crippen MR) is 234 cm³/mol. The Kier molecular flexibility index (Phi) is 12.7. The fourth-order valence-corrected chi connectivity index (χ4v) is 9.87. The van der Waals surface area contributed by atoms with Crippen molar-refractivity contribution in [2.45, 2.75) is 103 Å². The average Bonchev–Trinajstić information content (AvgIpc) is 3.49. The van der Waals surface area contributed by atoms with Crippen LogP contribution in [0.5, 0.6) is 11.5 Å². The van der Waals surface area contributed by atoms with Gasteiger partial charge in [-0.2, -0.15) is 12.7 Å². The van der Waals surface area contributed by atoms with Crippen molar-refractivity contribution in [2.24, 2.45) is 11.3 Å². The summed E-state index contributed by atoms with van der Waals surface area (Å²) < 4.78 is 41.4. The molecule has 2 aromatic heterocycles. The van der Waals surface area contributed by atoms with Gasteiger partial charge in [0.25, 0.3) is 0 Å². The number of aromatic nitrogens is 2. The maximum atomic E-state index is 14.9. The number of ketones is 1. The maximum Gasteiger partial charge on any atom is 0.303 e. The van der Waals surface area contributed by atoms with Gasteiger partial charge in [0.05, 0.1) is 36.3 Å². The molecule has 5 atom stereocenters. The minimum absolute atomic E-state index is 0.127. The molecule has 0 spiro atoms. The van der Waals surface area contributed by atoms with Gasteiger partial charge in [0.15, 0.2) is 5.78 Å². The summed E-state index contributed by atoms with van der Waals surface area (Å²) in [5, 5.41) is 7.01. The minimum Gasteiger partial charge on any atom is -0.496 e. The predicted octanol–water partition coefficient (Wildman–Crippen LogP) is 7.34.